The van der Waals surface area contributed by atoms with E-state index in [1.165, 1.54) is 10.4 Å². The summed E-state index contributed by atoms with van der Waals surface area (Å²) in [4.78, 5) is 1.36. The number of benzene rings is 2. The molecular formula is C15H16ClNO2S2. The Morgan fingerprint density at radius 2 is 1.81 bits per heavy atom. The van der Waals surface area contributed by atoms with Crippen molar-refractivity contribution < 1.29 is 8.42 Å². The first-order chi connectivity index (χ1) is 9.93. The topological polar surface area (TPSA) is 37.4 Å². The third-order valence-corrected chi connectivity index (χ3v) is 5.85. The molecule has 0 saturated carbocycles. The summed E-state index contributed by atoms with van der Waals surface area (Å²) < 4.78 is 26.3. The van der Waals surface area contributed by atoms with Crippen molar-refractivity contribution in [3.05, 3.63) is 59.1 Å². The lowest BCUT2D eigenvalue weighted by molar-refractivity contribution is 0.466. The molecule has 0 aliphatic rings. The summed E-state index contributed by atoms with van der Waals surface area (Å²) in [7, 11) is -1.96. The molecule has 0 bridgehead atoms. The number of hydrogen-bond donors (Lipinski definition) is 0. The lowest BCUT2D eigenvalue weighted by Gasteiger charge is -2.17. The van der Waals surface area contributed by atoms with E-state index in [0.717, 1.165) is 10.5 Å². The van der Waals surface area contributed by atoms with Gasteiger partial charge in [0.05, 0.1) is 4.90 Å². The molecule has 112 valence electrons. The number of sulfonamides is 1. The minimum absolute atomic E-state index is 0.207. The Balaban J connectivity index is 2.20. The van der Waals surface area contributed by atoms with Gasteiger partial charge in [0.25, 0.3) is 0 Å². The standard InChI is InChI=1S/C15H16ClNO2S2/c1-17(11-12-6-8-14(20-2)9-7-12)21(18,19)15-5-3-4-13(16)10-15/h3-10H,11H2,1-2H3. The van der Waals surface area contributed by atoms with Gasteiger partial charge in [-0.05, 0) is 42.2 Å². The van der Waals surface area contributed by atoms with Crippen molar-refractivity contribution in [2.24, 2.45) is 0 Å². The van der Waals surface area contributed by atoms with E-state index in [9.17, 15) is 8.42 Å². The highest BCUT2D eigenvalue weighted by atomic mass is 35.5. The van der Waals surface area contributed by atoms with Gasteiger partial charge in [0.15, 0.2) is 0 Å². The summed E-state index contributed by atoms with van der Waals surface area (Å²) in [5.41, 5.74) is 0.945. The molecule has 2 aromatic rings. The van der Waals surface area contributed by atoms with Crippen LogP contribution in [0, 0.1) is 0 Å². The van der Waals surface area contributed by atoms with Crippen molar-refractivity contribution in [2.75, 3.05) is 13.3 Å². The number of thioether (sulfide) groups is 1. The number of halogens is 1. The molecule has 0 aromatic heterocycles. The van der Waals surface area contributed by atoms with E-state index in [2.05, 4.69) is 0 Å². The molecule has 0 aliphatic heterocycles. The second-order valence-corrected chi connectivity index (χ2v) is 7.93. The molecule has 0 saturated heterocycles. The van der Waals surface area contributed by atoms with E-state index in [4.69, 9.17) is 11.6 Å². The molecule has 0 N–H and O–H groups in total. The van der Waals surface area contributed by atoms with Gasteiger partial charge in [-0.25, -0.2) is 8.42 Å². The van der Waals surface area contributed by atoms with E-state index in [1.54, 1.807) is 37.0 Å². The van der Waals surface area contributed by atoms with Crippen LogP contribution in [0.1, 0.15) is 5.56 Å². The number of hydrogen-bond acceptors (Lipinski definition) is 3. The monoisotopic (exact) mass is 341 g/mol. The van der Waals surface area contributed by atoms with Crippen molar-refractivity contribution in [1.29, 1.82) is 0 Å². The SMILES string of the molecule is CSc1ccc(CN(C)S(=O)(=O)c2cccc(Cl)c2)cc1. The fourth-order valence-electron chi connectivity index (χ4n) is 1.88. The first-order valence-corrected chi connectivity index (χ1v) is 9.32. The van der Waals surface area contributed by atoms with E-state index >= 15 is 0 Å². The molecule has 0 spiro atoms. The molecular weight excluding hydrogens is 326 g/mol. The Morgan fingerprint density at radius 1 is 1.14 bits per heavy atom. The normalized spacial score (nSPS) is 11.8. The second kappa shape index (κ2) is 6.83. The average molecular weight is 342 g/mol. The maximum absolute atomic E-state index is 12.5. The Labute approximate surface area is 135 Å². The van der Waals surface area contributed by atoms with Crippen LogP contribution in [0.5, 0.6) is 0 Å². The lowest BCUT2D eigenvalue weighted by atomic mass is 10.2. The minimum atomic E-state index is -3.53. The van der Waals surface area contributed by atoms with Crippen molar-refractivity contribution in [3.8, 4) is 0 Å². The van der Waals surface area contributed by atoms with Gasteiger partial charge < -0.3 is 0 Å². The van der Waals surface area contributed by atoms with Gasteiger partial charge >= 0.3 is 0 Å². The van der Waals surface area contributed by atoms with Crippen LogP contribution in [0.25, 0.3) is 0 Å². The maximum atomic E-state index is 12.5. The van der Waals surface area contributed by atoms with Crippen LogP contribution in [0.2, 0.25) is 5.02 Å². The third-order valence-electron chi connectivity index (χ3n) is 3.07. The smallest absolute Gasteiger partial charge is 0.207 e. The Bertz CT molecular complexity index is 715. The molecule has 3 nitrogen and oxygen atoms in total. The summed E-state index contributed by atoms with van der Waals surface area (Å²) in [5.74, 6) is 0. The summed E-state index contributed by atoms with van der Waals surface area (Å²) in [6.45, 7) is 0.323. The predicted molar refractivity (Wildman–Crippen MR) is 88.3 cm³/mol. The van der Waals surface area contributed by atoms with Crippen LogP contribution in [0.3, 0.4) is 0 Å². The first kappa shape index (κ1) is 16.4. The Morgan fingerprint density at radius 3 is 2.38 bits per heavy atom. The second-order valence-electron chi connectivity index (χ2n) is 4.57. The largest absolute Gasteiger partial charge is 0.243 e. The van der Waals surface area contributed by atoms with Crippen LogP contribution in [-0.2, 0) is 16.6 Å². The third kappa shape index (κ3) is 4.01. The van der Waals surface area contributed by atoms with E-state index in [1.807, 2.05) is 30.5 Å². The van der Waals surface area contributed by atoms with Gasteiger partial charge in [0.2, 0.25) is 10.0 Å². The molecule has 2 rings (SSSR count). The molecule has 2 aromatic carbocycles. The minimum Gasteiger partial charge on any atom is -0.207 e. The lowest BCUT2D eigenvalue weighted by Crippen LogP contribution is -2.26. The van der Waals surface area contributed by atoms with Crippen LogP contribution in [-0.4, -0.2) is 26.0 Å². The molecule has 6 heteroatoms. The number of rotatable bonds is 5. The highest BCUT2D eigenvalue weighted by molar-refractivity contribution is 7.98. The molecule has 0 aliphatic carbocycles. The van der Waals surface area contributed by atoms with E-state index in [0.29, 0.717) is 11.6 Å². The summed E-state index contributed by atoms with van der Waals surface area (Å²) in [5, 5.41) is 0.411. The number of nitrogens with zero attached hydrogens (tertiary/aromatic N) is 1. The van der Waals surface area contributed by atoms with Crippen molar-refractivity contribution in [3.63, 3.8) is 0 Å². The van der Waals surface area contributed by atoms with Crippen LogP contribution < -0.4 is 0 Å². The molecule has 0 heterocycles. The van der Waals surface area contributed by atoms with Crippen molar-refractivity contribution in [2.45, 2.75) is 16.3 Å². The van der Waals surface area contributed by atoms with Crippen LogP contribution in [0.4, 0.5) is 0 Å². The fourth-order valence-corrected chi connectivity index (χ4v) is 3.75. The van der Waals surface area contributed by atoms with Gasteiger partial charge in [-0.1, -0.05) is 29.8 Å². The summed E-state index contributed by atoms with van der Waals surface area (Å²) >= 11 is 7.52. The van der Waals surface area contributed by atoms with Gasteiger partial charge in [-0.3, -0.25) is 0 Å². The van der Waals surface area contributed by atoms with E-state index in [-0.39, 0.29) is 4.90 Å². The average Bonchev–Trinajstić information content (AvgIpc) is 2.48. The zero-order valence-electron chi connectivity index (χ0n) is 11.8. The predicted octanol–water partition coefficient (Wildman–Crippen LogP) is 3.88. The fraction of sp³-hybridized carbons (Fsp3) is 0.200. The zero-order chi connectivity index (χ0) is 15.5. The molecule has 21 heavy (non-hydrogen) atoms. The molecule has 0 unspecified atom stereocenters. The van der Waals surface area contributed by atoms with Crippen molar-refractivity contribution in [1.82, 2.24) is 4.31 Å². The highest BCUT2D eigenvalue weighted by Gasteiger charge is 2.21. The highest BCUT2D eigenvalue weighted by Crippen LogP contribution is 2.21. The van der Waals surface area contributed by atoms with Crippen LogP contribution in [0.15, 0.2) is 58.3 Å². The Hall–Kier alpha value is -1.01. The Kier molecular flexibility index (Phi) is 5.32. The van der Waals surface area contributed by atoms with Crippen molar-refractivity contribution >= 4 is 33.4 Å². The quantitative estimate of drug-likeness (QED) is 0.774. The van der Waals surface area contributed by atoms with Gasteiger partial charge in [0, 0.05) is 23.5 Å². The van der Waals surface area contributed by atoms with Gasteiger partial charge in [-0.15, -0.1) is 11.8 Å². The van der Waals surface area contributed by atoms with E-state index < -0.39 is 10.0 Å². The molecule has 0 fully saturated rings. The molecule has 0 amide bonds. The zero-order valence-corrected chi connectivity index (χ0v) is 14.2. The van der Waals surface area contributed by atoms with Gasteiger partial charge in [-0.2, -0.15) is 4.31 Å². The maximum Gasteiger partial charge on any atom is 0.243 e. The van der Waals surface area contributed by atoms with Gasteiger partial charge in [0.1, 0.15) is 0 Å². The molecule has 0 atom stereocenters. The first-order valence-electron chi connectivity index (χ1n) is 6.28. The summed E-state index contributed by atoms with van der Waals surface area (Å²) in [6.07, 6.45) is 2.00. The summed E-state index contributed by atoms with van der Waals surface area (Å²) in [6, 6.07) is 14.2. The van der Waals surface area contributed by atoms with Crippen LogP contribution >= 0.6 is 23.4 Å². The molecule has 0 radical (unpaired) electrons.